The number of carbonyl (C=O) groups is 2. The van der Waals surface area contributed by atoms with Crippen molar-refractivity contribution in [3.8, 4) is 5.75 Å². The van der Waals surface area contributed by atoms with Gasteiger partial charge in [0.25, 0.3) is 5.91 Å². The van der Waals surface area contributed by atoms with Crippen molar-refractivity contribution in [2.75, 3.05) is 12.4 Å². The Morgan fingerprint density at radius 2 is 1.81 bits per heavy atom. The summed E-state index contributed by atoms with van der Waals surface area (Å²) in [5.41, 5.74) is 3.21. The zero-order chi connectivity index (χ0) is 25.1. The van der Waals surface area contributed by atoms with E-state index in [2.05, 4.69) is 10.3 Å². The van der Waals surface area contributed by atoms with Crippen molar-refractivity contribution in [1.82, 2.24) is 5.01 Å². The second-order valence-corrected chi connectivity index (χ2v) is 9.49. The molecule has 7 nitrogen and oxygen atoms in total. The molecule has 0 unspecified atom stereocenters. The Kier molecular flexibility index (Phi) is 6.81. The third kappa shape index (κ3) is 5.01. The van der Waals surface area contributed by atoms with Crippen molar-refractivity contribution >= 4 is 40.1 Å². The van der Waals surface area contributed by atoms with Gasteiger partial charge in [0.2, 0.25) is 5.91 Å². The molecule has 1 N–H and O–H groups in total. The molecule has 2 aliphatic heterocycles. The summed E-state index contributed by atoms with van der Waals surface area (Å²) in [4.78, 5) is 29.7. The summed E-state index contributed by atoms with van der Waals surface area (Å²) in [6, 6.07) is 22.9. The summed E-state index contributed by atoms with van der Waals surface area (Å²) < 4.78 is 18.9. The van der Waals surface area contributed by atoms with Gasteiger partial charge in [0.1, 0.15) is 16.8 Å². The number of para-hydroxylation sites is 2. The maximum atomic E-state index is 13.6. The van der Waals surface area contributed by atoms with Gasteiger partial charge in [0.05, 0.1) is 24.6 Å². The molecule has 0 fully saturated rings. The Labute approximate surface area is 212 Å². The minimum atomic E-state index is -0.667. The lowest BCUT2D eigenvalue weighted by Gasteiger charge is -2.23. The average Bonchev–Trinajstić information content (AvgIpc) is 3.49. The first-order valence-corrected chi connectivity index (χ1v) is 12.3. The van der Waals surface area contributed by atoms with Crippen LogP contribution in [0.5, 0.6) is 5.75 Å². The monoisotopic (exact) mass is 502 g/mol. The van der Waals surface area contributed by atoms with E-state index >= 15 is 0 Å². The lowest BCUT2D eigenvalue weighted by atomic mass is 9.99. The largest absolute Gasteiger partial charge is 0.495 e. The Bertz CT molecular complexity index is 1340. The van der Waals surface area contributed by atoms with Crippen LogP contribution in [-0.2, 0) is 9.59 Å². The molecule has 0 aliphatic carbocycles. The molecule has 5 rings (SSSR count). The van der Waals surface area contributed by atoms with E-state index in [0.717, 1.165) is 16.8 Å². The van der Waals surface area contributed by atoms with Crippen LogP contribution in [0.4, 0.5) is 10.1 Å². The van der Waals surface area contributed by atoms with E-state index in [4.69, 9.17) is 9.84 Å². The number of methoxy groups -OCH3 is 1. The predicted octanol–water partition coefficient (Wildman–Crippen LogP) is 5.01. The van der Waals surface area contributed by atoms with Crippen molar-refractivity contribution in [1.29, 1.82) is 0 Å². The Morgan fingerprint density at radius 1 is 1.08 bits per heavy atom. The number of nitrogens with one attached hydrogen (secondary N) is 1. The van der Waals surface area contributed by atoms with E-state index < -0.39 is 5.25 Å². The number of amidine groups is 1. The molecule has 0 radical (unpaired) electrons. The minimum Gasteiger partial charge on any atom is -0.495 e. The number of rotatable bonds is 6. The van der Waals surface area contributed by atoms with Crippen LogP contribution in [0.2, 0.25) is 0 Å². The first-order valence-electron chi connectivity index (χ1n) is 11.4. The quantitative estimate of drug-likeness (QED) is 0.512. The molecule has 36 heavy (non-hydrogen) atoms. The first kappa shape index (κ1) is 23.7. The van der Waals surface area contributed by atoms with Crippen LogP contribution in [0.25, 0.3) is 0 Å². The number of hydrogen-bond donors (Lipinski definition) is 1. The van der Waals surface area contributed by atoms with Crippen LogP contribution in [-0.4, -0.2) is 40.1 Å². The van der Waals surface area contributed by atoms with Crippen LogP contribution in [0, 0.1) is 5.82 Å². The molecule has 3 aromatic carbocycles. The fourth-order valence-electron chi connectivity index (χ4n) is 4.16. The molecular formula is C27H23FN4O3S. The molecule has 0 bridgehead atoms. The van der Waals surface area contributed by atoms with E-state index in [-0.39, 0.29) is 30.1 Å². The van der Waals surface area contributed by atoms with Crippen molar-refractivity contribution in [2.45, 2.75) is 24.1 Å². The maximum Gasteiger partial charge on any atom is 0.262 e. The summed E-state index contributed by atoms with van der Waals surface area (Å²) in [5, 5.41) is 9.08. The number of thioether (sulfide) groups is 1. The molecule has 2 heterocycles. The molecule has 2 amide bonds. The molecule has 0 saturated heterocycles. The third-order valence-electron chi connectivity index (χ3n) is 5.95. The second kappa shape index (κ2) is 10.3. The normalized spacial score (nSPS) is 19.2. The Balaban J connectivity index is 1.34. The summed E-state index contributed by atoms with van der Waals surface area (Å²) >= 11 is 1.22. The lowest BCUT2D eigenvalue weighted by molar-refractivity contribution is -0.121. The van der Waals surface area contributed by atoms with E-state index in [1.807, 2.05) is 36.4 Å². The number of ether oxygens (including phenoxy) is 1. The maximum absolute atomic E-state index is 13.6. The molecule has 2 atom stereocenters. The molecule has 0 aromatic heterocycles. The molecule has 0 spiro atoms. The van der Waals surface area contributed by atoms with Gasteiger partial charge in [0.15, 0.2) is 5.17 Å². The fourth-order valence-corrected chi connectivity index (χ4v) is 5.22. The van der Waals surface area contributed by atoms with Gasteiger partial charge in [-0.05, 0) is 35.4 Å². The fraction of sp³-hybridized carbons (Fsp3) is 0.185. The number of carbonyl (C=O) groups excluding carboxylic acids is 2. The number of amides is 2. The summed E-state index contributed by atoms with van der Waals surface area (Å²) in [5.74, 6) is -0.482. The Hall–Kier alpha value is -3.98. The minimum absolute atomic E-state index is 0.0428. The highest BCUT2D eigenvalue weighted by atomic mass is 32.2. The van der Waals surface area contributed by atoms with E-state index in [9.17, 15) is 14.0 Å². The highest BCUT2D eigenvalue weighted by Gasteiger charge is 2.39. The van der Waals surface area contributed by atoms with Crippen molar-refractivity contribution in [3.05, 3.63) is 95.8 Å². The number of aliphatic imine (C=N–C) groups is 1. The van der Waals surface area contributed by atoms with E-state index in [0.29, 0.717) is 23.0 Å². The van der Waals surface area contributed by atoms with Crippen LogP contribution < -0.4 is 10.1 Å². The van der Waals surface area contributed by atoms with Gasteiger partial charge in [-0.1, -0.05) is 66.4 Å². The van der Waals surface area contributed by atoms with Gasteiger partial charge < -0.3 is 10.1 Å². The van der Waals surface area contributed by atoms with E-state index in [1.54, 1.807) is 35.3 Å². The van der Waals surface area contributed by atoms with Gasteiger partial charge in [-0.3, -0.25) is 9.59 Å². The van der Waals surface area contributed by atoms with Crippen LogP contribution in [0.3, 0.4) is 0 Å². The zero-order valence-electron chi connectivity index (χ0n) is 19.4. The second-order valence-electron chi connectivity index (χ2n) is 8.32. The standard InChI is InChI=1S/C27H23FN4O3S/c1-35-23-10-6-5-9-20(23)29-25(33)16-24-26(34)30-27(36-24)32-22(18-11-13-19(28)14-12-18)15-21(31-32)17-7-3-2-4-8-17/h2-14,22,24H,15-16H2,1H3,(H,29,33)/t22-,24-/m1/s1. The van der Waals surface area contributed by atoms with Crippen LogP contribution >= 0.6 is 11.8 Å². The highest BCUT2D eigenvalue weighted by Crippen LogP contribution is 2.38. The zero-order valence-corrected chi connectivity index (χ0v) is 20.2. The lowest BCUT2D eigenvalue weighted by Crippen LogP contribution is -2.25. The van der Waals surface area contributed by atoms with Crippen LogP contribution in [0.15, 0.2) is 89.0 Å². The molecule has 2 aliphatic rings. The van der Waals surface area contributed by atoms with Crippen LogP contribution in [0.1, 0.15) is 30.0 Å². The van der Waals surface area contributed by atoms with Crippen molar-refractivity contribution in [2.24, 2.45) is 10.1 Å². The first-order chi connectivity index (χ1) is 17.5. The molecule has 182 valence electrons. The van der Waals surface area contributed by atoms with Crippen molar-refractivity contribution < 1.29 is 18.7 Å². The van der Waals surface area contributed by atoms with Gasteiger partial charge in [0, 0.05) is 12.8 Å². The number of nitrogens with zero attached hydrogens (tertiary/aromatic N) is 3. The molecule has 0 saturated carbocycles. The number of halogens is 1. The van der Waals surface area contributed by atoms with Gasteiger partial charge >= 0.3 is 0 Å². The smallest absolute Gasteiger partial charge is 0.262 e. The average molecular weight is 503 g/mol. The summed E-state index contributed by atoms with van der Waals surface area (Å²) in [6.07, 6.45) is 0.529. The van der Waals surface area contributed by atoms with Gasteiger partial charge in [-0.25, -0.2) is 9.40 Å². The summed E-state index contributed by atoms with van der Waals surface area (Å²) in [6.45, 7) is 0. The summed E-state index contributed by atoms with van der Waals surface area (Å²) in [7, 11) is 1.53. The van der Waals surface area contributed by atoms with Gasteiger partial charge in [-0.2, -0.15) is 10.1 Å². The topological polar surface area (TPSA) is 83.4 Å². The SMILES string of the molecule is COc1ccccc1NC(=O)C[C@H]1SC(N2N=C(c3ccccc3)C[C@@H]2c2ccc(F)cc2)=NC1=O. The Morgan fingerprint density at radius 3 is 2.56 bits per heavy atom. The predicted molar refractivity (Wildman–Crippen MR) is 139 cm³/mol. The van der Waals surface area contributed by atoms with Crippen molar-refractivity contribution in [3.63, 3.8) is 0 Å². The molecule has 3 aromatic rings. The third-order valence-corrected chi connectivity index (χ3v) is 7.09. The molecule has 9 heteroatoms. The molecular weight excluding hydrogens is 479 g/mol. The number of anilines is 1. The number of hydrazone groups is 1. The number of hydrogen-bond acceptors (Lipinski definition) is 6. The van der Waals surface area contributed by atoms with E-state index in [1.165, 1.54) is 31.0 Å². The van der Waals surface area contributed by atoms with Gasteiger partial charge in [-0.15, -0.1) is 0 Å². The highest BCUT2D eigenvalue weighted by molar-refractivity contribution is 8.15. The number of benzene rings is 3.